The fourth-order valence-corrected chi connectivity index (χ4v) is 2.84. The van der Waals surface area contributed by atoms with E-state index < -0.39 is 15.5 Å². The first-order chi connectivity index (χ1) is 8.80. The number of carbonyl (C=O) groups excluding carboxylic acids is 1. The molecule has 0 unspecified atom stereocenters. The number of hydrogen-bond acceptors (Lipinski definition) is 4. The molecule has 0 aliphatic heterocycles. The molecular formula is C11H17N3O4S. The third-order valence-corrected chi connectivity index (χ3v) is 4.51. The largest absolute Gasteiger partial charge is 0.366 e. The van der Waals surface area contributed by atoms with Gasteiger partial charge in [-0.1, -0.05) is 6.92 Å². The zero-order valence-corrected chi connectivity index (χ0v) is 11.9. The summed E-state index contributed by atoms with van der Waals surface area (Å²) in [6, 6.07) is 1.13. The van der Waals surface area contributed by atoms with Crippen molar-refractivity contribution in [2.24, 2.45) is 0 Å². The van der Waals surface area contributed by atoms with Crippen LogP contribution in [0.5, 0.6) is 0 Å². The smallest absolute Gasteiger partial charge is 0.248 e. The molecule has 1 heterocycles. The Labute approximate surface area is 111 Å². The molecule has 0 spiro atoms. The van der Waals surface area contributed by atoms with Crippen molar-refractivity contribution in [3.05, 3.63) is 28.7 Å². The molecule has 1 aromatic heterocycles. The van der Waals surface area contributed by atoms with Crippen LogP contribution in [0.4, 0.5) is 0 Å². The first-order valence-corrected chi connectivity index (χ1v) is 7.12. The Morgan fingerprint density at radius 1 is 1.37 bits per heavy atom. The summed E-state index contributed by atoms with van der Waals surface area (Å²) < 4.78 is 25.5. The van der Waals surface area contributed by atoms with Crippen LogP contribution in [0.2, 0.25) is 0 Å². The molecule has 8 heteroatoms. The molecule has 19 heavy (non-hydrogen) atoms. The first kappa shape index (κ1) is 15.4. The number of pyridine rings is 1. The van der Waals surface area contributed by atoms with Crippen molar-refractivity contribution in [3.8, 4) is 0 Å². The summed E-state index contributed by atoms with van der Waals surface area (Å²) in [5.74, 6) is -0.349. The molecule has 0 aliphatic rings. The van der Waals surface area contributed by atoms with Crippen molar-refractivity contribution in [2.75, 3.05) is 27.2 Å². The zero-order valence-electron chi connectivity index (χ0n) is 11.1. The van der Waals surface area contributed by atoms with Crippen LogP contribution in [-0.4, -0.2) is 55.7 Å². The molecule has 0 fully saturated rings. The quantitative estimate of drug-likeness (QED) is 0.788. The predicted octanol–water partition coefficient (Wildman–Crippen LogP) is -0.526. The molecule has 1 N–H and O–H groups in total. The second-order valence-electron chi connectivity index (χ2n) is 4.09. The van der Waals surface area contributed by atoms with Gasteiger partial charge in [0.2, 0.25) is 21.4 Å². The molecule has 0 atom stereocenters. The summed E-state index contributed by atoms with van der Waals surface area (Å²) in [6.45, 7) is 1.42. The Kier molecular flexibility index (Phi) is 4.84. The van der Waals surface area contributed by atoms with Crippen LogP contribution in [0.3, 0.4) is 0 Å². The van der Waals surface area contributed by atoms with Gasteiger partial charge in [0.1, 0.15) is 4.90 Å². The van der Waals surface area contributed by atoms with E-state index in [0.717, 1.165) is 16.6 Å². The maximum Gasteiger partial charge on any atom is 0.248 e. The molecule has 0 bridgehead atoms. The lowest BCUT2D eigenvalue weighted by molar-refractivity contribution is -0.128. The predicted molar refractivity (Wildman–Crippen MR) is 70.2 cm³/mol. The van der Waals surface area contributed by atoms with Crippen LogP contribution in [0.25, 0.3) is 0 Å². The third kappa shape index (κ3) is 3.42. The molecule has 0 radical (unpaired) electrons. The lowest BCUT2D eigenvalue weighted by Gasteiger charge is -2.21. The molecule has 7 nitrogen and oxygen atoms in total. The highest BCUT2D eigenvalue weighted by molar-refractivity contribution is 7.89. The van der Waals surface area contributed by atoms with Gasteiger partial charge in [0.15, 0.2) is 0 Å². The molecule has 0 aliphatic carbocycles. The van der Waals surface area contributed by atoms with Crippen molar-refractivity contribution in [1.82, 2.24) is 14.2 Å². The van der Waals surface area contributed by atoms with E-state index in [9.17, 15) is 18.0 Å². The van der Waals surface area contributed by atoms with Crippen LogP contribution in [-0.2, 0) is 14.8 Å². The number of aromatic nitrogens is 1. The van der Waals surface area contributed by atoms with Crippen LogP contribution in [0.15, 0.2) is 28.2 Å². The summed E-state index contributed by atoms with van der Waals surface area (Å²) in [6.07, 6.45) is 2.48. The summed E-state index contributed by atoms with van der Waals surface area (Å²) in [4.78, 5) is 26.7. The standard InChI is InChI=1S/C11H17N3O4S/c1-4-14(8-11(16)13(2)3)19(17,18)10-7-12-6-5-9(10)15/h5-7H,4,8H2,1-3H3,(H,12,15). The number of H-pyrrole nitrogens is 1. The topological polar surface area (TPSA) is 90.6 Å². The van der Waals surface area contributed by atoms with E-state index in [4.69, 9.17) is 0 Å². The van der Waals surface area contributed by atoms with Crippen molar-refractivity contribution in [3.63, 3.8) is 0 Å². The molecule has 0 saturated carbocycles. The second-order valence-corrected chi connectivity index (χ2v) is 6.00. The maximum absolute atomic E-state index is 12.3. The van der Waals surface area contributed by atoms with Gasteiger partial charge in [-0.2, -0.15) is 4.31 Å². The lowest BCUT2D eigenvalue weighted by atomic mass is 10.5. The van der Waals surface area contributed by atoms with Crippen LogP contribution < -0.4 is 5.43 Å². The number of amides is 1. The molecule has 0 aromatic carbocycles. The van der Waals surface area contributed by atoms with Crippen molar-refractivity contribution in [2.45, 2.75) is 11.8 Å². The van der Waals surface area contributed by atoms with Gasteiger partial charge in [-0.25, -0.2) is 8.42 Å². The van der Waals surface area contributed by atoms with Gasteiger partial charge in [0.05, 0.1) is 6.54 Å². The van der Waals surface area contributed by atoms with Gasteiger partial charge in [0.25, 0.3) is 0 Å². The summed E-state index contributed by atoms with van der Waals surface area (Å²) in [7, 11) is -0.889. The van der Waals surface area contributed by atoms with Crippen LogP contribution in [0, 0.1) is 0 Å². The number of likely N-dealkylation sites (N-methyl/N-ethyl adjacent to an activating group) is 2. The van der Waals surface area contributed by atoms with Crippen molar-refractivity contribution >= 4 is 15.9 Å². The normalized spacial score (nSPS) is 11.6. The fraction of sp³-hybridized carbons (Fsp3) is 0.455. The number of hydrogen-bond donors (Lipinski definition) is 1. The number of sulfonamides is 1. The molecular weight excluding hydrogens is 270 g/mol. The van der Waals surface area contributed by atoms with Gasteiger partial charge >= 0.3 is 0 Å². The number of nitrogens with zero attached hydrogens (tertiary/aromatic N) is 2. The Morgan fingerprint density at radius 2 is 2.00 bits per heavy atom. The average Bonchev–Trinajstić information content (AvgIpc) is 2.35. The minimum atomic E-state index is -3.97. The molecule has 1 amide bonds. The van der Waals surface area contributed by atoms with E-state index in [1.807, 2.05) is 0 Å². The van der Waals surface area contributed by atoms with Gasteiger partial charge < -0.3 is 9.88 Å². The monoisotopic (exact) mass is 287 g/mol. The number of carbonyl (C=O) groups is 1. The number of nitrogens with one attached hydrogen (secondary N) is 1. The first-order valence-electron chi connectivity index (χ1n) is 5.68. The van der Waals surface area contributed by atoms with Gasteiger partial charge in [-0.3, -0.25) is 9.59 Å². The van der Waals surface area contributed by atoms with E-state index in [2.05, 4.69) is 4.98 Å². The van der Waals surface area contributed by atoms with E-state index in [1.165, 1.54) is 25.2 Å². The Balaban J connectivity index is 3.14. The van der Waals surface area contributed by atoms with E-state index in [0.29, 0.717) is 0 Å². The van der Waals surface area contributed by atoms with Gasteiger partial charge in [-0.05, 0) is 0 Å². The molecule has 1 rings (SSSR count). The average molecular weight is 287 g/mol. The van der Waals surface area contributed by atoms with E-state index >= 15 is 0 Å². The van der Waals surface area contributed by atoms with Crippen LogP contribution in [0.1, 0.15) is 6.92 Å². The summed E-state index contributed by atoms with van der Waals surface area (Å²) in [5, 5.41) is 0. The van der Waals surface area contributed by atoms with Gasteiger partial charge in [-0.15, -0.1) is 0 Å². The SMILES string of the molecule is CCN(CC(=O)N(C)C)S(=O)(=O)c1c[nH]ccc1=O. The molecule has 1 aromatic rings. The van der Waals surface area contributed by atoms with Crippen molar-refractivity contribution < 1.29 is 13.2 Å². The highest BCUT2D eigenvalue weighted by atomic mass is 32.2. The van der Waals surface area contributed by atoms with Gasteiger partial charge in [0, 0.05) is 39.1 Å². The summed E-state index contributed by atoms with van der Waals surface area (Å²) in [5.41, 5.74) is -0.602. The highest BCUT2D eigenvalue weighted by Gasteiger charge is 2.27. The fourth-order valence-electron chi connectivity index (χ4n) is 1.40. The van der Waals surface area contributed by atoms with Crippen LogP contribution >= 0.6 is 0 Å². The zero-order chi connectivity index (χ0) is 14.6. The summed E-state index contributed by atoms with van der Waals surface area (Å²) >= 11 is 0. The van der Waals surface area contributed by atoms with Crippen molar-refractivity contribution in [1.29, 1.82) is 0 Å². The minimum absolute atomic E-state index is 0.107. The lowest BCUT2D eigenvalue weighted by Crippen LogP contribution is -2.41. The van der Waals surface area contributed by atoms with E-state index in [-0.39, 0.29) is 23.9 Å². The highest BCUT2D eigenvalue weighted by Crippen LogP contribution is 2.10. The molecule has 106 valence electrons. The second kappa shape index (κ2) is 5.98. The Bertz CT molecular complexity index is 606. The number of rotatable bonds is 5. The Hall–Kier alpha value is -1.67. The third-order valence-electron chi connectivity index (χ3n) is 2.57. The maximum atomic E-state index is 12.3. The minimum Gasteiger partial charge on any atom is -0.366 e. The van der Waals surface area contributed by atoms with E-state index in [1.54, 1.807) is 6.92 Å². The Morgan fingerprint density at radius 3 is 2.47 bits per heavy atom. The molecule has 0 saturated heterocycles. The number of aromatic amines is 1.